The Morgan fingerprint density at radius 1 is 1.06 bits per heavy atom. The number of pyridine rings is 1. The Hall–Kier alpha value is -3.42. The molecule has 5 rings (SSSR count). The van der Waals surface area contributed by atoms with Crippen molar-refractivity contribution in [2.24, 2.45) is 0 Å². The maximum absolute atomic E-state index is 13.6. The molecule has 1 amide bonds. The minimum Gasteiger partial charge on any atom is -0.330 e. The minimum absolute atomic E-state index is 0.00309. The summed E-state index contributed by atoms with van der Waals surface area (Å²) >= 11 is 1.70. The van der Waals surface area contributed by atoms with E-state index in [0.717, 1.165) is 27.6 Å². The standard InChI is InChI=1S/C26H24N4O2S/c1-29(2)26(32)30-15-21(20-11-10-18(13-23(20)30)17-7-4-3-5-8-17)24(31)22-16-33-25(28-22)19-9-6-12-27-14-19/h3-15,22,25,28H,16H2,1-2H3/t22-,25?/m0/s1. The van der Waals surface area contributed by atoms with Crippen LogP contribution in [0.15, 0.2) is 79.3 Å². The van der Waals surface area contributed by atoms with E-state index in [1.54, 1.807) is 42.8 Å². The van der Waals surface area contributed by atoms with Gasteiger partial charge in [0.1, 0.15) is 0 Å². The summed E-state index contributed by atoms with van der Waals surface area (Å²) in [6, 6.07) is 19.4. The van der Waals surface area contributed by atoms with E-state index in [4.69, 9.17) is 0 Å². The highest BCUT2D eigenvalue weighted by molar-refractivity contribution is 7.99. The summed E-state index contributed by atoms with van der Waals surface area (Å²) in [4.78, 5) is 32.2. The van der Waals surface area contributed by atoms with Gasteiger partial charge in [-0.1, -0.05) is 48.5 Å². The largest absolute Gasteiger partial charge is 0.330 e. The summed E-state index contributed by atoms with van der Waals surface area (Å²) in [5.74, 6) is 0.658. The van der Waals surface area contributed by atoms with E-state index in [1.807, 2.05) is 66.9 Å². The van der Waals surface area contributed by atoms with E-state index in [2.05, 4.69) is 10.3 Å². The zero-order valence-electron chi connectivity index (χ0n) is 18.4. The summed E-state index contributed by atoms with van der Waals surface area (Å²) in [5.41, 5.74) is 4.40. The van der Waals surface area contributed by atoms with Crippen molar-refractivity contribution in [2.75, 3.05) is 19.8 Å². The number of nitrogens with one attached hydrogen (secondary N) is 1. The lowest BCUT2D eigenvalue weighted by Crippen LogP contribution is -2.34. The number of hydrogen-bond acceptors (Lipinski definition) is 5. The van der Waals surface area contributed by atoms with Crippen molar-refractivity contribution in [2.45, 2.75) is 11.4 Å². The van der Waals surface area contributed by atoms with Crippen LogP contribution >= 0.6 is 11.8 Å². The number of aromatic nitrogens is 2. The lowest BCUT2D eigenvalue weighted by molar-refractivity contribution is 0.0957. The van der Waals surface area contributed by atoms with Gasteiger partial charge in [0, 0.05) is 49.4 Å². The number of Topliss-reactive ketones (excluding diaryl/α,β-unsaturated/α-hetero) is 1. The van der Waals surface area contributed by atoms with Crippen LogP contribution in [0.5, 0.6) is 0 Å². The number of rotatable bonds is 4. The second kappa shape index (κ2) is 8.84. The van der Waals surface area contributed by atoms with E-state index in [-0.39, 0.29) is 23.2 Å². The van der Waals surface area contributed by atoms with Gasteiger partial charge in [0.2, 0.25) is 0 Å². The number of carbonyl (C=O) groups excluding carboxylic acids is 2. The first-order valence-electron chi connectivity index (χ1n) is 10.8. The molecule has 2 aromatic carbocycles. The molecule has 33 heavy (non-hydrogen) atoms. The fourth-order valence-electron chi connectivity index (χ4n) is 4.14. The summed E-state index contributed by atoms with van der Waals surface area (Å²) in [7, 11) is 3.43. The third-order valence-corrected chi connectivity index (χ3v) is 7.12. The fourth-order valence-corrected chi connectivity index (χ4v) is 5.37. The molecule has 2 atom stereocenters. The first-order valence-corrected chi connectivity index (χ1v) is 11.8. The van der Waals surface area contributed by atoms with Crippen molar-refractivity contribution in [3.05, 3.63) is 90.4 Å². The molecule has 1 aliphatic rings. The van der Waals surface area contributed by atoms with Crippen LogP contribution in [0.25, 0.3) is 22.0 Å². The van der Waals surface area contributed by atoms with E-state index in [9.17, 15) is 9.59 Å². The molecule has 166 valence electrons. The van der Waals surface area contributed by atoms with Gasteiger partial charge in [0.25, 0.3) is 0 Å². The zero-order valence-corrected chi connectivity index (χ0v) is 19.3. The molecular weight excluding hydrogens is 432 g/mol. The van der Waals surface area contributed by atoms with E-state index >= 15 is 0 Å². The van der Waals surface area contributed by atoms with Gasteiger partial charge in [0.05, 0.1) is 16.9 Å². The highest BCUT2D eigenvalue weighted by atomic mass is 32.2. The van der Waals surface area contributed by atoms with E-state index in [0.29, 0.717) is 11.3 Å². The Bertz CT molecular complexity index is 1320. The maximum Gasteiger partial charge on any atom is 0.328 e. The van der Waals surface area contributed by atoms with Crippen LogP contribution in [-0.4, -0.2) is 52.2 Å². The number of carbonyl (C=O) groups is 2. The van der Waals surface area contributed by atoms with Crippen molar-refractivity contribution >= 4 is 34.5 Å². The molecule has 1 unspecified atom stereocenters. The van der Waals surface area contributed by atoms with Crippen LogP contribution in [0.3, 0.4) is 0 Å². The highest BCUT2D eigenvalue weighted by Crippen LogP contribution is 2.35. The smallest absolute Gasteiger partial charge is 0.328 e. The van der Waals surface area contributed by atoms with Crippen molar-refractivity contribution in [3.8, 4) is 11.1 Å². The van der Waals surface area contributed by atoms with Crippen molar-refractivity contribution < 1.29 is 9.59 Å². The summed E-state index contributed by atoms with van der Waals surface area (Å²) < 4.78 is 1.58. The van der Waals surface area contributed by atoms with Crippen LogP contribution in [0.1, 0.15) is 21.3 Å². The number of nitrogens with zero attached hydrogens (tertiary/aromatic N) is 3. The number of amides is 1. The van der Waals surface area contributed by atoms with Gasteiger partial charge in [-0.3, -0.25) is 19.7 Å². The fraction of sp³-hybridized carbons (Fsp3) is 0.192. The van der Waals surface area contributed by atoms with E-state index in [1.165, 1.54) is 4.90 Å². The first kappa shape index (κ1) is 21.4. The second-order valence-corrected chi connectivity index (χ2v) is 9.41. The minimum atomic E-state index is -0.331. The summed E-state index contributed by atoms with van der Waals surface area (Å²) in [5, 5.41) is 4.24. The van der Waals surface area contributed by atoms with Crippen LogP contribution < -0.4 is 5.32 Å². The summed E-state index contributed by atoms with van der Waals surface area (Å²) in [6.45, 7) is 0. The van der Waals surface area contributed by atoms with Crippen LogP contribution in [0.4, 0.5) is 4.79 Å². The van der Waals surface area contributed by atoms with Gasteiger partial charge in [-0.15, -0.1) is 11.8 Å². The average molecular weight is 457 g/mol. The Labute approximate surface area is 196 Å². The second-order valence-electron chi connectivity index (χ2n) is 8.27. The summed E-state index contributed by atoms with van der Waals surface area (Å²) in [6.07, 6.45) is 5.25. The number of fused-ring (bicyclic) bond motifs is 1. The Morgan fingerprint density at radius 3 is 2.61 bits per heavy atom. The molecule has 6 nitrogen and oxygen atoms in total. The third-order valence-electron chi connectivity index (χ3n) is 5.85. The third kappa shape index (κ3) is 4.05. The molecule has 0 spiro atoms. The molecule has 7 heteroatoms. The normalized spacial score (nSPS) is 17.9. The topological polar surface area (TPSA) is 67.2 Å². The average Bonchev–Trinajstić information content (AvgIpc) is 3.49. The molecule has 0 aliphatic carbocycles. The Balaban J connectivity index is 1.53. The Morgan fingerprint density at radius 2 is 1.88 bits per heavy atom. The van der Waals surface area contributed by atoms with Crippen LogP contribution in [0.2, 0.25) is 0 Å². The molecule has 1 aliphatic heterocycles. The highest BCUT2D eigenvalue weighted by Gasteiger charge is 2.33. The maximum atomic E-state index is 13.6. The van der Waals surface area contributed by atoms with Gasteiger partial charge in [-0.2, -0.15) is 0 Å². The van der Waals surface area contributed by atoms with Gasteiger partial charge < -0.3 is 4.90 Å². The zero-order chi connectivity index (χ0) is 22.9. The molecule has 0 bridgehead atoms. The van der Waals surface area contributed by atoms with Gasteiger partial charge in [-0.05, 0) is 28.8 Å². The molecule has 2 aromatic heterocycles. The molecule has 0 saturated carbocycles. The van der Waals surface area contributed by atoms with Gasteiger partial charge in [-0.25, -0.2) is 4.79 Å². The quantitative estimate of drug-likeness (QED) is 0.446. The van der Waals surface area contributed by atoms with Crippen LogP contribution in [-0.2, 0) is 0 Å². The predicted octanol–water partition coefficient (Wildman–Crippen LogP) is 4.82. The molecule has 1 fully saturated rings. The number of thioether (sulfide) groups is 1. The van der Waals surface area contributed by atoms with Crippen molar-refractivity contribution in [3.63, 3.8) is 0 Å². The molecule has 1 saturated heterocycles. The molecule has 3 heterocycles. The number of ketones is 1. The van der Waals surface area contributed by atoms with Crippen molar-refractivity contribution in [1.29, 1.82) is 0 Å². The van der Waals surface area contributed by atoms with Crippen LogP contribution in [0, 0.1) is 0 Å². The predicted molar refractivity (Wildman–Crippen MR) is 133 cm³/mol. The number of hydrogen-bond donors (Lipinski definition) is 1. The monoisotopic (exact) mass is 456 g/mol. The molecular formula is C26H24N4O2S. The Kier molecular flexibility index (Phi) is 5.74. The lowest BCUT2D eigenvalue weighted by atomic mass is 10.0. The van der Waals surface area contributed by atoms with E-state index < -0.39 is 0 Å². The molecule has 1 N–H and O–H groups in total. The molecule has 0 radical (unpaired) electrons. The SMILES string of the molecule is CN(C)C(=O)n1cc(C(=O)[C@@H]2CSC(c3cccnc3)N2)c2ccc(-c3ccccc3)cc21. The number of benzene rings is 2. The van der Waals surface area contributed by atoms with Gasteiger partial charge in [0.15, 0.2) is 5.78 Å². The molecule has 4 aromatic rings. The first-order chi connectivity index (χ1) is 16.0. The lowest BCUT2D eigenvalue weighted by Gasteiger charge is -2.12. The van der Waals surface area contributed by atoms with Gasteiger partial charge >= 0.3 is 6.03 Å². The van der Waals surface area contributed by atoms with Crippen molar-refractivity contribution in [1.82, 2.24) is 19.8 Å².